The van der Waals surface area contributed by atoms with E-state index in [1.807, 2.05) is 5.01 Å². The van der Waals surface area contributed by atoms with Gasteiger partial charge in [-0.05, 0) is 13.3 Å². The number of hydrogen-bond donors (Lipinski definition) is 1. The molecular formula is C7H18N2. The third-order valence-electron chi connectivity index (χ3n) is 1.64. The van der Waals surface area contributed by atoms with Gasteiger partial charge in [-0.3, -0.25) is 5.84 Å². The van der Waals surface area contributed by atoms with Crippen molar-refractivity contribution in [3.8, 4) is 0 Å². The molecule has 0 aromatic rings. The summed E-state index contributed by atoms with van der Waals surface area (Å²) in [6.07, 6.45) is 2.42. The highest BCUT2D eigenvalue weighted by molar-refractivity contribution is 4.57. The van der Waals surface area contributed by atoms with Crippen molar-refractivity contribution in [3.05, 3.63) is 0 Å². The maximum atomic E-state index is 5.64. The molecule has 0 saturated heterocycles. The van der Waals surface area contributed by atoms with Gasteiger partial charge in [0.2, 0.25) is 0 Å². The van der Waals surface area contributed by atoms with E-state index >= 15 is 0 Å². The summed E-state index contributed by atoms with van der Waals surface area (Å²) in [4.78, 5) is 0. The van der Waals surface area contributed by atoms with Crippen LogP contribution in [-0.2, 0) is 0 Å². The lowest BCUT2D eigenvalue weighted by atomic mass is 10.2. The highest BCUT2D eigenvalue weighted by Crippen LogP contribution is 2.00. The first-order valence-electron chi connectivity index (χ1n) is 3.73. The van der Waals surface area contributed by atoms with Crippen LogP contribution in [0.15, 0.2) is 0 Å². The maximum absolute atomic E-state index is 5.64. The summed E-state index contributed by atoms with van der Waals surface area (Å²) in [6.45, 7) is 7.36. The van der Waals surface area contributed by atoms with Crippen molar-refractivity contribution in [3.63, 3.8) is 0 Å². The van der Waals surface area contributed by atoms with E-state index in [0.29, 0.717) is 6.04 Å². The summed E-state index contributed by atoms with van der Waals surface area (Å²) in [7, 11) is 0. The van der Waals surface area contributed by atoms with Crippen molar-refractivity contribution in [2.45, 2.75) is 39.7 Å². The second kappa shape index (κ2) is 4.77. The van der Waals surface area contributed by atoms with Gasteiger partial charge in [0.25, 0.3) is 0 Å². The average molecular weight is 130 g/mol. The van der Waals surface area contributed by atoms with Crippen molar-refractivity contribution in [1.29, 1.82) is 0 Å². The molecule has 2 N–H and O–H groups in total. The molecule has 0 aliphatic rings. The molecule has 0 spiro atoms. The molecule has 0 rings (SSSR count). The molecule has 9 heavy (non-hydrogen) atoms. The van der Waals surface area contributed by atoms with Gasteiger partial charge in [0.05, 0.1) is 0 Å². The maximum Gasteiger partial charge on any atom is 0.0212 e. The van der Waals surface area contributed by atoms with Crippen LogP contribution in [0.4, 0.5) is 0 Å². The Hall–Kier alpha value is -0.0800. The molecule has 56 valence electrons. The molecule has 0 aliphatic carbocycles. The highest BCUT2D eigenvalue weighted by Gasteiger charge is 2.04. The van der Waals surface area contributed by atoms with Crippen LogP contribution in [0.5, 0.6) is 0 Å². The van der Waals surface area contributed by atoms with Crippen LogP contribution < -0.4 is 5.84 Å². The van der Waals surface area contributed by atoms with E-state index < -0.39 is 0 Å². The van der Waals surface area contributed by atoms with Gasteiger partial charge in [-0.25, -0.2) is 5.01 Å². The molecule has 0 aromatic carbocycles. The fraction of sp³-hybridized carbons (Fsp3) is 1.00. The lowest BCUT2D eigenvalue weighted by Crippen LogP contribution is -2.38. The van der Waals surface area contributed by atoms with E-state index in [0.717, 1.165) is 6.54 Å². The van der Waals surface area contributed by atoms with Crippen LogP contribution in [0.1, 0.15) is 33.6 Å². The van der Waals surface area contributed by atoms with E-state index in [4.69, 9.17) is 5.84 Å². The smallest absolute Gasteiger partial charge is 0.0212 e. The quantitative estimate of drug-likeness (QED) is 0.460. The Labute approximate surface area is 58.0 Å². The minimum Gasteiger partial charge on any atom is -0.269 e. The van der Waals surface area contributed by atoms with Gasteiger partial charge in [0.15, 0.2) is 0 Å². The minimum atomic E-state index is 0.542. The van der Waals surface area contributed by atoms with Gasteiger partial charge in [0.1, 0.15) is 0 Å². The van der Waals surface area contributed by atoms with Gasteiger partial charge in [-0.2, -0.15) is 0 Å². The lowest BCUT2D eigenvalue weighted by Gasteiger charge is -2.21. The molecule has 0 fully saturated rings. The molecule has 2 nitrogen and oxygen atoms in total. The Bertz CT molecular complexity index is 63.9. The van der Waals surface area contributed by atoms with Crippen molar-refractivity contribution in [2.75, 3.05) is 6.54 Å². The number of rotatable bonds is 4. The zero-order valence-electron chi connectivity index (χ0n) is 6.72. The third kappa shape index (κ3) is 3.49. The molecule has 0 amide bonds. The zero-order valence-corrected chi connectivity index (χ0v) is 6.72. The third-order valence-corrected chi connectivity index (χ3v) is 1.64. The fourth-order valence-corrected chi connectivity index (χ4v) is 0.895. The molecule has 2 heteroatoms. The van der Waals surface area contributed by atoms with E-state index in [1.54, 1.807) is 0 Å². The summed E-state index contributed by atoms with van der Waals surface area (Å²) < 4.78 is 0. The predicted octanol–water partition coefficient (Wildman–Crippen LogP) is 1.37. The van der Waals surface area contributed by atoms with Crippen molar-refractivity contribution in [1.82, 2.24) is 5.01 Å². The van der Waals surface area contributed by atoms with Gasteiger partial charge in [-0.15, -0.1) is 0 Å². The molecule has 0 aromatic heterocycles. The van der Waals surface area contributed by atoms with Gasteiger partial charge < -0.3 is 0 Å². The topological polar surface area (TPSA) is 29.3 Å². The largest absolute Gasteiger partial charge is 0.269 e. The van der Waals surface area contributed by atoms with Crippen LogP contribution >= 0.6 is 0 Å². The second-order valence-electron chi connectivity index (χ2n) is 2.47. The fourth-order valence-electron chi connectivity index (χ4n) is 0.895. The molecule has 0 aliphatic heterocycles. The number of nitrogens with two attached hydrogens (primary N) is 1. The summed E-state index contributed by atoms with van der Waals surface area (Å²) in [5, 5.41) is 1.88. The molecule has 0 heterocycles. The van der Waals surface area contributed by atoms with Crippen LogP contribution in [0.2, 0.25) is 0 Å². The van der Waals surface area contributed by atoms with Crippen LogP contribution in [0.3, 0.4) is 0 Å². The molecule has 0 bridgehead atoms. The Morgan fingerprint density at radius 1 is 1.44 bits per heavy atom. The molecule has 0 saturated carbocycles. The van der Waals surface area contributed by atoms with Crippen molar-refractivity contribution >= 4 is 0 Å². The number of hydrazine groups is 1. The Balaban J connectivity index is 3.32. The lowest BCUT2D eigenvalue weighted by molar-refractivity contribution is 0.214. The first kappa shape index (κ1) is 8.92. The van der Waals surface area contributed by atoms with Gasteiger partial charge in [0, 0.05) is 12.6 Å². The van der Waals surface area contributed by atoms with Crippen LogP contribution in [-0.4, -0.2) is 17.6 Å². The summed E-state index contributed by atoms with van der Waals surface area (Å²) in [5.41, 5.74) is 0. The van der Waals surface area contributed by atoms with E-state index in [2.05, 4.69) is 20.8 Å². The summed E-state index contributed by atoms with van der Waals surface area (Å²) >= 11 is 0. The van der Waals surface area contributed by atoms with E-state index in [9.17, 15) is 0 Å². The normalized spacial score (nSPS) is 14.3. The Morgan fingerprint density at radius 2 is 2.00 bits per heavy atom. The standard InChI is InChI=1S/C7H18N2/c1-4-6-7(3)9(8)5-2/h7H,4-6,8H2,1-3H3. The average Bonchev–Trinajstić information content (AvgIpc) is 1.87. The van der Waals surface area contributed by atoms with Crippen molar-refractivity contribution < 1.29 is 0 Å². The number of nitrogens with zero attached hydrogens (tertiary/aromatic N) is 1. The first-order chi connectivity index (χ1) is 4.22. The first-order valence-corrected chi connectivity index (χ1v) is 3.73. The van der Waals surface area contributed by atoms with E-state index in [1.165, 1.54) is 12.8 Å². The Morgan fingerprint density at radius 3 is 2.33 bits per heavy atom. The van der Waals surface area contributed by atoms with Gasteiger partial charge in [-0.1, -0.05) is 20.3 Å². The molecular weight excluding hydrogens is 112 g/mol. The Kier molecular flexibility index (Phi) is 4.72. The highest BCUT2D eigenvalue weighted by atomic mass is 15.4. The molecule has 0 radical (unpaired) electrons. The van der Waals surface area contributed by atoms with Crippen molar-refractivity contribution in [2.24, 2.45) is 5.84 Å². The van der Waals surface area contributed by atoms with Crippen LogP contribution in [0.25, 0.3) is 0 Å². The van der Waals surface area contributed by atoms with E-state index in [-0.39, 0.29) is 0 Å². The summed E-state index contributed by atoms with van der Waals surface area (Å²) in [6, 6.07) is 0.542. The molecule has 1 unspecified atom stereocenters. The number of hydrogen-bond acceptors (Lipinski definition) is 2. The summed E-state index contributed by atoms with van der Waals surface area (Å²) in [5.74, 6) is 5.64. The second-order valence-corrected chi connectivity index (χ2v) is 2.47. The monoisotopic (exact) mass is 130 g/mol. The molecule has 1 atom stereocenters. The SMILES string of the molecule is CCCC(C)N(N)CC. The minimum absolute atomic E-state index is 0.542. The van der Waals surface area contributed by atoms with Gasteiger partial charge >= 0.3 is 0 Å². The predicted molar refractivity (Wildman–Crippen MR) is 40.9 cm³/mol. The van der Waals surface area contributed by atoms with Crippen LogP contribution in [0, 0.1) is 0 Å². The zero-order chi connectivity index (χ0) is 7.28.